The van der Waals surface area contributed by atoms with Crippen molar-refractivity contribution in [2.45, 2.75) is 58.2 Å². The average molecular weight is 735 g/mol. The number of aromatic amines is 1. The molecular formula is C37H45F3N10O3. The molecule has 5 rings (SSSR count). The summed E-state index contributed by atoms with van der Waals surface area (Å²) in [5.74, 6) is -0.878. The lowest BCUT2D eigenvalue weighted by Gasteiger charge is -2.28. The van der Waals surface area contributed by atoms with Crippen molar-refractivity contribution in [1.29, 1.82) is 0 Å². The van der Waals surface area contributed by atoms with Gasteiger partial charge in [-0.25, -0.2) is 4.98 Å². The summed E-state index contributed by atoms with van der Waals surface area (Å²) >= 11 is 0. The van der Waals surface area contributed by atoms with E-state index in [1.165, 1.54) is 24.3 Å². The first-order valence-electron chi connectivity index (χ1n) is 17.8. The van der Waals surface area contributed by atoms with Crippen LogP contribution < -0.4 is 21.7 Å². The largest absolute Gasteiger partial charge is 0.433 e. The lowest BCUT2D eigenvalue weighted by molar-refractivity contribution is -0.140. The Morgan fingerprint density at radius 3 is 2.23 bits per heavy atom. The average Bonchev–Trinajstić information content (AvgIpc) is 3.71. The number of halogens is 3. The van der Waals surface area contributed by atoms with E-state index in [1.54, 1.807) is 36.4 Å². The Labute approximate surface area is 305 Å². The number of likely N-dealkylation sites (N-methyl/N-ethyl adjacent to an activating group) is 1. The van der Waals surface area contributed by atoms with Crippen LogP contribution in [-0.4, -0.2) is 87.0 Å². The third-order valence-corrected chi connectivity index (χ3v) is 9.65. The van der Waals surface area contributed by atoms with Crippen molar-refractivity contribution in [3.8, 4) is 22.5 Å². The molecule has 2 aromatic heterocycles. The predicted octanol–water partition coefficient (Wildman–Crippen LogP) is 4.45. The van der Waals surface area contributed by atoms with Gasteiger partial charge in [-0.2, -0.15) is 18.4 Å². The van der Waals surface area contributed by atoms with E-state index in [9.17, 15) is 27.6 Å². The van der Waals surface area contributed by atoms with E-state index < -0.39 is 29.7 Å². The Hall–Kier alpha value is -5.22. The summed E-state index contributed by atoms with van der Waals surface area (Å²) in [6.45, 7) is 6.94. The number of H-pyrrole nitrogens is 1. The number of rotatable bonds is 15. The molecule has 13 nitrogen and oxygen atoms in total. The molecule has 4 aromatic rings. The van der Waals surface area contributed by atoms with Crippen molar-refractivity contribution < 1.29 is 27.6 Å². The first-order chi connectivity index (χ1) is 25.5. The zero-order valence-electron chi connectivity index (χ0n) is 29.7. The molecule has 16 heteroatoms. The molecule has 1 aliphatic carbocycles. The standard InChI is InChI=1S/C37H45F3N10O3/c1-3-50(4-2)20-19-42-35(52)30-18-17-29(32(44-30)37(38,39)40)25-9-5-23(6-10-25)21-31(45-34(51)27-11-7-24(22-41)8-12-27)36(53)43-28-15-13-26(14-16-28)33-46-48-49-47-33/h5-6,9-10,13-18,24,27,31H,3-4,7-8,11-12,19-22,41H2,1-2H3,(H,42,52)(H,43,53)(H,45,51)(H,46,47,48,49)/t24-,27-,31-/m0/s1. The first-order valence-corrected chi connectivity index (χ1v) is 17.8. The molecule has 6 N–H and O–H groups in total. The molecule has 53 heavy (non-hydrogen) atoms. The van der Waals surface area contributed by atoms with Crippen LogP contribution >= 0.6 is 0 Å². The van der Waals surface area contributed by atoms with E-state index in [1.807, 2.05) is 13.8 Å². The Bertz CT molecular complexity index is 1810. The number of nitrogens with zero attached hydrogens (tertiary/aromatic N) is 5. The van der Waals surface area contributed by atoms with Crippen LogP contribution in [-0.2, 0) is 22.2 Å². The fourth-order valence-corrected chi connectivity index (χ4v) is 6.42. The summed E-state index contributed by atoms with van der Waals surface area (Å²) in [7, 11) is 0. The lowest BCUT2D eigenvalue weighted by Crippen LogP contribution is -2.48. The highest BCUT2D eigenvalue weighted by Crippen LogP contribution is 2.36. The summed E-state index contributed by atoms with van der Waals surface area (Å²) < 4.78 is 42.8. The van der Waals surface area contributed by atoms with Gasteiger partial charge in [0.25, 0.3) is 5.91 Å². The molecule has 0 radical (unpaired) electrons. The molecule has 0 bridgehead atoms. The summed E-state index contributed by atoms with van der Waals surface area (Å²) in [6.07, 6.45) is -1.76. The highest BCUT2D eigenvalue weighted by molar-refractivity contribution is 5.98. The Morgan fingerprint density at radius 1 is 0.943 bits per heavy atom. The maximum atomic E-state index is 14.3. The minimum atomic E-state index is -4.83. The highest BCUT2D eigenvalue weighted by atomic mass is 19.4. The van der Waals surface area contributed by atoms with Crippen molar-refractivity contribution in [1.82, 2.24) is 41.1 Å². The van der Waals surface area contributed by atoms with Gasteiger partial charge in [-0.1, -0.05) is 38.1 Å². The third kappa shape index (κ3) is 10.4. The SMILES string of the molecule is CCN(CC)CCNC(=O)c1ccc(-c2ccc(C[C@H](NC(=O)[C@H]3CC[C@H](CN)CC3)C(=O)Nc3ccc(-c4nn[nH]n4)cc3)cc2)c(C(F)(F)F)n1. The smallest absolute Gasteiger partial charge is 0.349 e. The van der Waals surface area contributed by atoms with Crippen molar-refractivity contribution in [3.63, 3.8) is 0 Å². The van der Waals surface area contributed by atoms with E-state index in [0.29, 0.717) is 54.5 Å². The van der Waals surface area contributed by atoms with E-state index in [0.717, 1.165) is 25.9 Å². The van der Waals surface area contributed by atoms with Gasteiger partial charge >= 0.3 is 6.18 Å². The fraction of sp³-hybridized carbons (Fsp3) is 0.432. The number of alkyl halides is 3. The number of pyridine rings is 1. The number of hydrogen-bond donors (Lipinski definition) is 5. The predicted molar refractivity (Wildman–Crippen MR) is 193 cm³/mol. The number of tetrazole rings is 1. The van der Waals surface area contributed by atoms with Gasteiger partial charge in [0.2, 0.25) is 17.6 Å². The van der Waals surface area contributed by atoms with E-state index in [2.05, 4.69) is 46.5 Å². The van der Waals surface area contributed by atoms with Crippen LogP contribution in [0.5, 0.6) is 0 Å². The van der Waals surface area contributed by atoms with Gasteiger partial charge in [0.1, 0.15) is 11.7 Å². The highest BCUT2D eigenvalue weighted by Gasteiger charge is 2.37. The maximum Gasteiger partial charge on any atom is 0.433 e. The van der Waals surface area contributed by atoms with Crippen molar-refractivity contribution >= 4 is 23.4 Å². The van der Waals surface area contributed by atoms with Crippen LogP contribution in [0.1, 0.15) is 61.3 Å². The summed E-state index contributed by atoms with van der Waals surface area (Å²) in [5.41, 5.74) is 6.13. The van der Waals surface area contributed by atoms with Gasteiger partial charge in [0.05, 0.1) is 0 Å². The Balaban J connectivity index is 1.32. The van der Waals surface area contributed by atoms with Crippen LogP contribution in [0.2, 0.25) is 0 Å². The third-order valence-electron chi connectivity index (χ3n) is 9.65. The number of carbonyl (C=O) groups excluding carboxylic acids is 3. The summed E-state index contributed by atoms with van der Waals surface area (Å²) in [4.78, 5) is 45.5. The van der Waals surface area contributed by atoms with Crippen molar-refractivity contribution in [3.05, 3.63) is 77.6 Å². The van der Waals surface area contributed by atoms with Gasteiger partial charge in [0.15, 0.2) is 5.69 Å². The van der Waals surface area contributed by atoms with E-state index in [4.69, 9.17) is 5.73 Å². The molecule has 0 saturated heterocycles. The molecule has 2 aromatic carbocycles. The van der Waals surface area contributed by atoms with Crippen LogP contribution in [0.4, 0.5) is 18.9 Å². The normalized spacial score (nSPS) is 16.6. The van der Waals surface area contributed by atoms with E-state index in [-0.39, 0.29) is 41.6 Å². The number of carbonyl (C=O) groups is 3. The molecule has 2 heterocycles. The number of amides is 3. The molecule has 0 unspecified atom stereocenters. The van der Waals surface area contributed by atoms with Gasteiger partial charge in [0, 0.05) is 42.2 Å². The number of anilines is 1. The molecule has 0 spiro atoms. The maximum absolute atomic E-state index is 14.3. The van der Waals surface area contributed by atoms with Gasteiger partial charge in [-0.15, -0.1) is 10.2 Å². The lowest BCUT2D eigenvalue weighted by atomic mass is 9.81. The second-order valence-corrected chi connectivity index (χ2v) is 13.1. The molecule has 1 saturated carbocycles. The van der Waals surface area contributed by atoms with Crippen LogP contribution in [0.3, 0.4) is 0 Å². The molecule has 3 amide bonds. The second kappa shape index (κ2) is 18.0. The number of aromatic nitrogens is 5. The Kier molecular flexibility index (Phi) is 13.3. The number of nitrogens with one attached hydrogen (secondary N) is 4. The second-order valence-electron chi connectivity index (χ2n) is 13.1. The minimum absolute atomic E-state index is 0.0773. The molecule has 1 aliphatic rings. The van der Waals surface area contributed by atoms with Gasteiger partial charge in [-0.3, -0.25) is 14.4 Å². The quantitative estimate of drug-likeness (QED) is 0.118. The fourth-order valence-electron chi connectivity index (χ4n) is 6.42. The first kappa shape index (κ1) is 39.0. The molecule has 1 fully saturated rings. The van der Waals surface area contributed by atoms with Gasteiger partial charge in [-0.05, 0) is 104 Å². The van der Waals surface area contributed by atoms with Crippen LogP contribution in [0, 0.1) is 11.8 Å². The molecule has 1 atom stereocenters. The van der Waals surface area contributed by atoms with Gasteiger partial charge < -0.3 is 26.6 Å². The van der Waals surface area contributed by atoms with Crippen LogP contribution in [0.15, 0.2) is 60.7 Å². The summed E-state index contributed by atoms with van der Waals surface area (Å²) in [6, 6.07) is 14.6. The number of hydrogen-bond acceptors (Lipinski definition) is 9. The van der Waals surface area contributed by atoms with Crippen LogP contribution in [0.25, 0.3) is 22.5 Å². The van der Waals surface area contributed by atoms with E-state index >= 15 is 0 Å². The Morgan fingerprint density at radius 2 is 1.62 bits per heavy atom. The number of nitrogens with two attached hydrogens (primary N) is 1. The van der Waals surface area contributed by atoms with Crippen molar-refractivity contribution in [2.24, 2.45) is 17.6 Å². The molecule has 282 valence electrons. The zero-order chi connectivity index (χ0) is 38.0. The monoisotopic (exact) mass is 734 g/mol. The summed E-state index contributed by atoms with van der Waals surface area (Å²) in [5, 5.41) is 22.3. The molecule has 0 aliphatic heterocycles. The minimum Gasteiger partial charge on any atom is -0.349 e. The molecular weight excluding hydrogens is 689 g/mol. The number of benzene rings is 2. The van der Waals surface area contributed by atoms with Crippen molar-refractivity contribution in [2.75, 3.05) is 38.0 Å². The zero-order valence-corrected chi connectivity index (χ0v) is 29.7. The topological polar surface area (TPSA) is 184 Å².